The second kappa shape index (κ2) is 9.37. The van der Waals surface area contributed by atoms with Gasteiger partial charge in [-0.2, -0.15) is 0 Å². The summed E-state index contributed by atoms with van der Waals surface area (Å²) in [5, 5.41) is 8.44. The zero-order valence-corrected chi connectivity index (χ0v) is 14.9. The van der Waals surface area contributed by atoms with Crippen molar-refractivity contribution in [1.82, 2.24) is 10.6 Å². The molecule has 0 aliphatic heterocycles. The predicted octanol–water partition coefficient (Wildman–Crippen LogP) is 3.22. The first-order chi connectivity index (χ1) is 11.6. The minimum absolute atomic E-state index is 0.0736. The molecule has 1 saturated carbocycles. The van der Waals surface area contributed by atoms with E-state index in [1.54, 1.807) is 25.2 Å². The second-order valence-electron chi connectivity index (χ2n) is 6.17. The monoisotopic (exact) mass is 347 g/mol. The van der Waals surface area contributed by atoms with E-state index in [1.807, 2.05) is 6.07 Å². The summed E-state index contributed by atoms with van der Waals surface area (Å²) in [6.45, 7) is 0. The van der Waals surface area contributed by atoms with Gasteiger partial charge >= 0.3 is 0 Å². The quantitative estimate of drug-likeness (QED) is 0.715. The van der Waals surface area contributed by atoms with Gasteiger partial charge in [-0.25, -0.2) is 0 Å². The normalized spacial score (nSPS) is 14.7. The molecule has 0 atom stereocenters. The number of rotatable bonds is 5. The van der Waals surface area contributed by atoms with E-state index in [9.17, 15) is 9.59 Å². The minimum Gasteiger partial charge on any atom is -0.355 e. The molecule has 0 aromatic heterocycles. The van der Waals surface area contributed by atoms with Crippen molar-refractivity contribution in [1.29, 1.82) is 0 Å². The van der Waals surface area contributed by atoms with Crippen molar-refractivity contribution in [2.24, 2.45) is 5.92 Å². The Balaban J connectivity index is 1.82. The minimum atomic E-state index is -0.204. The molecular formula is C18H25N3O2S. The van der Waals surface area contributed by atoms with Crippen LogP contribution in [-0.4, -0.2) is 24.0 Å². The summed E-state index contributed by atoms with van der Waals surface area (Å²) in [5.74, 6) is 0.389. The molecule has 1 aliphatic carbocycles. The summed E-state index contributed by atoms with van der Waals surface area (Å²) in [5.41, 5.74) is 1.06. The van der Waals surface area contributed by atoms with Crippen LogP contribution in [0.25, 0.3) is 0 Å². The van der Waals surface area contributed by atoms with Gasteiger partial charge in [-0.1, -0.05) is 44.2 Å². The van der Waals surface area contributed by atoms with E-state index in [4.69, 9.17) is 12.2 Å². The maximum atomic E-state index is 12.0. The highest BCUT2D eigenvalue weighted by atomic mass is 32.1. The first kappa shape index (κ1) is 18.4. The zero-order chi connectivity index (χ0) is 17.4. The molecule has 0 heterocycles. The molecule has 6 heteroatoms. The standard InChI is InChI=1S/C18H25N3O2S/c1-19-17(23)14-9-5-6-10-15(14)20-18(24)21-16(22)12-11-13-7-3-2-4-8-13/h5-6,9-10,13H,2-4,7-8,11-12H2,1H3,(H,19,23)(H2,20,21,22,24). The van der Waals surface area contributed by atoms with Crippen LogP contribution in [0.3, 0.4) is 0 Å². The van der Waals surface area contributed by atoms with Crippen molar-refractivity contribution in [3.8, 4) is 0 Å². The van der Waals surface area contributed by atoms with Gasteiger partial charge < -0.3 is 16.0 Å². The van der Waals surface area contributed by atoms with Gasteiger partial charge in [-0.3, -0.25) is 9.59 Å². The molecule has 0 bridgehead atoms. The van der Waals surface area contributed by atoms with Gasteiger partial charge in [0.2, 0.25) is 5.91 Å². The first-order valence-electron chi connectivity index (χ1n) is 8.52. The molecule has 2 amide bonds. The number of carbonyl (C=O) groups is 2. The first-order valence-corrected chi connectivity index (χ1v) is 8.93. The summed E-state index contributed by atoms with van der Waals surface area (Å²) < 4.78 is 0. The van der Waals surface area contributed by atoms with E-state index in [1.165, 1.54) is 32.1 Å². The molecule has 0 saturated heterocycles. The van der Waals surface area contributed by atoms with Gasteiger partial charge in [0.25, 0.3) is 5.91 Å². The van der Waals surface area contributed by atoms with Crippen LogP contribution in [0, 0.1) is 5.92 Å². The van der Waals surface area contributed by atoms with E-state index in [2.05, 4.69) is 16.0 Å². The molecule has 130 valence electrons. The lowest BCUT2D eigenvalue weighted by Gasteiger charge is -2.21. The van der Waals surface area contributed by atoms with Crippen molar-refractivity contribution in [3.05, 3.63) is 29.8 Å². The van der Waals surface area contributed by atoms with E-state index in [0.29, 0.717) is 23.6 Å². The predicted molar refractivity (Wildman–Crippen MR) is 100 cm³/mol. The molecule has 1 aliphatic rings. The molecule has 24 heavy (non-hydrogen) atoms. The van der Waals surface area contributed by atoms with E-state index < -0.39 is 0 Å². The number of hydrogen-bond acceptors (Lipinski definition) is 3. The topological polar surface area (TPSA) is 70.2 Å². The lowest BCUT2D eigenvalue weighted by molar-refractivity contribution is -0.120. The Morgan fingerprint density at radius 1 is 1.17 bits per heavy atom. The maximum absolute atomic E-state index is 12.0. The van der Waals surface area contributed by atoms with Crippen LogP contribution in [-0.2, 0) is 4.79 Å². The smallest absolute Gasteiger partial charge is 0.253 e. The number of carbonyl (C=O) groups excluding carboxylic acids is 2. The SMILES string of the molecule is CNC(=O)c1ccccc1NC(=S)NC(=O)CCC1CCCCC1. The van der Waals surface area contributed by atoms with Crippen LogP contribution in [0.15, 0.2) is 24.3 Å². The van der Waals surface area contributed by atoms with Crippen molar-refractivity contribution < 1.29 is 9.59 Å². The number of para-hydroxylation sites is 1. The third-order valence-electron chi connectivity index (χ3n) is 4.40. The molecular weight excluding hydrogens is 322 g/mol. The lowest BCUT2D eigenvalue weighted by Crippen LogP contribution is -2.35. The highest BCUT2D eigenvalue weighted by molar-refractivity contribution is 7.80. The molecule has 0 spiro atoms. The van der Waals surface area contributed by atoms with Crippen molar-refractivity contribution >= 4 is 34.8 Å². The van der Waals surface area contributed by atoms with Gasteiger partial charge in [-0.15, -0.1) is 0 Å². The Morgan fingerprint density at radius 3 is 2.58 bits per heavy atom. The molecule has 1 aromatic rings. The molecule has 3 N–H and O–H groups in total. The van der Waals surface area contributed by atoms with Crippen molar-refractivity contribution in [3.63, 3.8) is 0 Å². The Hall–Kier alpha value is -1.95. The lowest BCUT2D eigenvalue weighted by atomic mass is 9.86. The Kier molecular flexibility index (Phi) is 7.18. The van der Waals surface area contributed by atoms with Gasteiger partial charge in [0, 0.05) is 13.5 Å². The van der Waals surface area contributed by atoms with Gasteiger partial charge in [0.15, 0.2) is 5.11 Å². The number of benzene rings is 1. The number of nitrogens with one attached hydrogen (secondary N) is 3. The van der Waals surface area contributed by atoms with Crippen LogP contribution in [0.1, 0.15) is 55.3 Å². The Morgan fingerprint density at radius 2 is 1.88 bits per heavy atom. The van der Waals surface area contributed by atoms with Crippen molar-refractivity contribution in [2.75, 3.05) is 12.4 Å². The average molecular weight is 347 g/mol. The molecule has 2 rings (SSSR count). The Bertz CT molecular complexity index is 598. The second-order valence-corrected chi connectivity index (χ2v) is 6.58. The van der Waals surface area contributed by atoms with Crippen LogP contribution in [0.4, 0.5) is 5.69 Å². The summed E-state index contributed by atoms with van der Waals surface area (Å²) in [7, 11) is 1.57. The fourth-order valence-electron chi connectivity index (χ4n) is 3.08. The third kappa shape index (κ3) is 5.60. The molecule has 1 fully saturated rings. The highest BCUT2D eigenvalue weighted by Gasteiger charge is 2.16. The number of amides is 2. The summed E-state index contributed by atoms with van der Waals surface area (Å²) in [6, 6.07) is 7.05. The van der Waals surface area contributed by atoms with E-state index in [0.717, 1.165) is 6.42 Å². The van der Waals surface area contributed by atoms with Crippen LogP contribution < -0.4 is 16.0 Å². The Labute approximate surface area is 148 Å². The average Bonchev–Trinajstić information content (AvgIpc) is 2.60. The third-order valence-corrected chi connectivity index (χ3v) is 4.61. The molecule has 5 nitrogen and oxygen atoms in total. The van der Waals surface area contributed by atoms with Crippen LogP contribution in [0.2, 0.25) is 0 Å². The maximum Gasteiger partial charge on any atom is 0.253 e. The molecule has 1 aromatic carbocycles. The summed E-state index contributed by atoms with van der Waals surface area (Å²) in [4.78, 5) is 23.9. The van der Waals surface area contributed by atoms with E-state index in [-0.39, 0.29) is 16.9 Å². The molecule has 0 unspecified atom stereocenters. The fraction of sp³-hybridized carbons (Fsp3) is 0.500. The van der Waals surface area contributed by atoms with Gasteiger partial charge in [0.05, 0.1) is 11.3 Å². The molecule has 0 radical (unpaired) electrons. The summed E-state index contributed by atoms with van der Waals surface area (Å²) in [6.07, 6.45) is 7.75. The number of anilines is 1. The van der Waals surface area contributed by atoms with Gasteiger partial charge in [0.1, 0.15) is 0 Å². The van der Waals surface area contributed by atoms with Crippen LogP contribution in [0.5, 0.6) is 0 Å². The summed E-state index contributed by atoms with van der Waals surface area (Å²) >= 11 is 5.19. The van der Waals surface area contributed by atoms with Crippen LogP contribution >= 0.6 is 12.2 Å². The van der Waals surface area contributed by atoms with E-state index >= 15 is 0 Å². The zero-order valence-electron chi connectivity index (χ0n) is 14.1. The van der Waals surface area contributed by atoms with Gasteiger partial charge in [-0.05, 0) is 36.7 Å². The number of thiocarbonyl (C=S) groups is 1. The highest BCUT2D eigenvalue weighted by Crippen LogP contribution is 2.27. The number of hydrogen-bond donors (Lipinski definition) is 3. The largest absolute Gasteiger partial charge is 0.355 e. The van der Waals surface area contributed by atoms with Crippen molar-refractivity contribution in [2.45, 2.75) is 44.9 Å². The fourth-order valence-corrected chi connectivity index (χ4v) is 3.30.